The molecule has 2 aliphatic heterocycles. The van der Waals surface area contributed by atoms with E-state index in [1.807, 2.05) is 160 Å². The number of aromatic nitrogens is 22. The van der Waals surface area contributed by atoms with Crippen molar-refractivity contribution in [3.8, 4) is 40.2 Å². The topological polar surface area (TPSA) is 623 Å². The van der Waals surface area contributed by atoms with Gasteiger partial charge in [0.15, 0.2) is 69.4 Å². The summed E-state index contributed by atoms with van der Waals surface area (Å²) in [4.78, 5) is 85.5. The third-order valence-corrected chi connectivity index (χ3v) is 23.3. The highest BCUT2D eigenvalue weighted by molar-refractivity contribution is 5.93. The third kappa shape index (κ3) is 26.8. The van der Waals surface area contributed by atoms with Crippen molar-refractivity contribution >= 4 is 149 Å². The Hall–Kier alpha value is -18.1. The minimum absolute atomic E-state index is 0.00725. The van der Waals surface area contributed by atoms with E-state index in [9.17, 15) is 9.59 Å². The fraction of sp³-hybridized carbons (Fsp3) is 0.340. The highest BCUT2D eigenvalue weighted by atomic mass is 16.6. The first-order valence-electron chi connectivity index (χ1n) is 48.1. The average molecular weight is 2040 g/mol. The molecule has 0 saturated carbocycles. The molecule has 0 atom stereocenters. The van der Waals surface area contributed by atoms with E-state index in [1.165, 1.54) is 0 Å². The predicted octanol–water partition coefficient (Wildman–Crippen LogP) is 10.8. The van der Waals surface area contributed by atoms with Crippen molar-refractivity contribution in [1.82, 2.24) is 118 Å². The van der Waals surface area contributed by atoms with Gasteiger partial charge in [-0.25, -0.2) is 29.9 Å². The van der Waals surface area contributed by atoms with Crippen LogP contribution in [0.3, 0.4) is 0 Å². The first kappa shape index (κ1) is 105. The molecule has 0 bridgehead atoms. The van der Waals surface area contributed by atoms with E-state index < -0.39 is 0 Å². The van der Waals surface area contributed by atoms with Gasteiger partial charge < -0.3 is 156 Å². The standard InChI is InChI=1S/C19H21N7O3.C19H23N5O2.C18H19N7O2.C18H21N5O3.C13H20N6O2.C13H20N6O/c1-11-8-12(25-29-11)9-22-18-16-13(23-19(20)24-18)5-7-26(16)10-14-17(28-3)15(27-2)4-6-21-14;1-2-3-8-21-18-16-14(22-19(20)23-18)7-9-24(16)12-13-5-4-6-15-17(13)26-11-10-25-15;1-11-7-12(24-27-11)9-21-17-16-15(22-18(19)23-17)4-6-25(16)10-13-8-14(26-2)3-5-20-13;1-24-8-6-20-17-15-13(21-18(19)22-17)5-7-23(15)11-12-3-2-4-14-16(12)26-10-9-25-14;1-18(2)10(20)8-19-6-4-9-11(19)12(15-5-7-21-3)17-13(14)16-9;1-3-4-6-16-12-11-9(17-13(14)18-12)5-7-19(11)8-10(20)15-2/h4-8H,9-10H2,1-3H3,(H3,20,22,23,24);4-7,9H,2-3,8,10-12H2,1H3,(H3,20,21,22,23);3-8H,9-10H2,1-2H3,(H3,19,21,22,23);2-5,7H,6,8-11H2,1H3,(H3,19,20,21,22);4,6H,5,7-8H2,1-3H3,(H3,14,15,16,17);5,7H,3-4,6,8H2,1-2H3,(H,15,20)(H3,14,16,17,18). The van der Waals surface area contributed by atoms with E-state index >= 15 is 0 Å². The SMILES string of the molecule is CCCCNc1nc(N)nc2ccn(CC(=O)NC)c12.CCCCNc1nc(N)nc2ccn(Cc3cccc4c3OCCO4)c12.COCCNc1nc(N)nc2ccn(CC(=O)N(C)C)c12.COCCNc1nc(N)nc2ccn(Cc3cccc4c3OCCO4)c12.COc1ccnc(Cn2ccc3nc(N)nc(NCc4cc(C)on4)c32)c1.COc1ccnc(Cn2ccc3nc(N)nc(NCc4cc(C)on4)c32)c1OC. The molecule has 0 unspecified atom stereocenters. The Labute approximate surface area is 856 Å². The quantitative estimate of drug-likeness (QED) is 0.0161. The molecule has 2 amide bonds. The van der Waals surface area contributed by atoms with Crippen LogP contribution in [-0.4, -0.2) is 247 Å². The first-order chi connectivity index (χ1) is 72.4. The number of para-hydroxylation sites is 2. The number of ether oxygens (including phenoxy) is 9. The van der Waals surface area contributed by atoms with Crippen molar-refractivity contribution in [2.75, 3.05) is 189 Å². The number of nitrogen functional groups attached to an aromatic ring is 6. The Balaban J connectivity index is 0.000000134. The number of anilines is 12. The lowest BCUT2D eigenvalue weighted by atomic mass is 10.1. The maximum atomic E-state index is 11.9. The fourth-order valence-corrected chi connectivity index (χ4v) is 16.3. The van der Waals surface area contributed by atoms with Crippen LogP contribution < -0.4 is 105 Å². The second-order valence-corrected chi connectivity index (χ2v) is 34.1. The van der Waals surface area contributed by atoms with Crippen molar-refractivity contribution in [2.24, 2.45) is 0 Å². The zero-order valence-electron chi connectivity index (χ0n) is 85.0. The number of rotatable bonds is 37. The minimum Gasteiger partial charge on any atom is -0.497 e. The second-order valence-electron chi connectivity index (χ2n) is 34.1. The normalized spacial score (nSPS) is 11.7. The van der Waals surface area contributed by atoms with Crippen LogP contribution >= 0.6 is 0 Å². The molecule has 16 aromatic heterocycles. The molecule has 18 aromatic rings. The first-order valence-corrected chi connectivity index (χ1v) is 48.1. The highest BCUT2D eigenvalue weighted by Gasteiger charge is 2.25. The Morgan fingerprint density at radius 2 is 0.779 bits per heavy atom. The Morgan fingerprint density at radius 1 is 0.403 bits per heavy atom. The maximum Gasteiger partial charge on any atom is 0.241 e. The van der Waals surface area contributed by atoms with E-state index in [4.69, 9.17) is 86.1 Å². The lowest BCUT2D eigenvalue weighted by Crippen LogP contribution is -2.26. The van der Waals surface area contributed by atoms with Crippen LogP contribution in [0.2, 0.25) is 0 Å². The van der Waals surface area contributed by atoms with Gasteiger partial charge >= 0.3 is 0 Å². The number of amides is 2. The smallest absolute Gasteiger partial charge is 0.241 e. The summed E-state index contributed by atoms with van der Waals surface area (Å²) in [5.74, 6) is 11.9. The molecule has 0 saturated heterocycles. The average Bonchev–Trinajstić information content (AvgIpc) is 1.67. The van der Waals surface area contributed by atoms with Gasteiger partial charge in [-0.1, -0.05) is 61.3 Å². The summed E-state index contributed by atoms with van der Waals surface area (Å²) in [6.07, 6.45) is 19.2. The fourth-order valence-electron chi connectivity index (χ4n) is 16.3. The van der Waals surface area contributed by atoms with Gasteiger partial charge in [0.1, 0.15) is 107 Å². The number of unbranched alkanes of at least 4 members (excludes halogenated alkanes) is 2. The molecule has 0 fully saturated rings. The molecule has 0 aliphatic carbocycles. The number of carbonyl (C=O) groups excluding carboxylic acids is 2. The maximum absolute atomic E-state index is 11.9. The number of benzene rings is 2. The molecule has 2 aromatic carbocycles. The molecule has 18 heterocycles. The molecule has 782 valence electrons. The van der Waals surface area contributed by atoms with Gasteiger partial charge in [0.25, 0.3) is 0 Å². The number of likely N-dealkylation sites (N-methyl/N-ethyl adjacent to an activating group) is 2. The number of carbonyl (C=O) groups is 2. The summed E-state index contributed by atoms with van der Waals surface area (Å²) < 4.78 is 71.3. The van der Waals surface area contributed by atoms with Crippen LogP contribution in [-0.2, 0) is 71.4 Å². The molecule has 2 aliphatic rings. The van der Waals surface area contributed by atoms with Crippen LogP contribution in [0.1, 0.15) is 85.0 Å². The van der Waals surface area contributed by atoms with Crippen LogP contribution in [0.5, 0.6) is 40.2 Å². The Kier molecular flexibility index (Phi) is 35.6. The molecule has 49 nitrogen and oxygen atoms in total. The molecule has 20 rings (SSSR count). The van der Waals surface area contributed by atoms with Gasteiger partial charge in [-0.2, -0.15) is 29.9 Å². The van der Waals surface area contributed by atoms with Gasteiger partial charge in [-0.05, 0) is 81.3 Å². The van der Waals surface area contributed by atoms with Crippen molar-refractivity contribution in [1.29, 1.82) is 0 Å². The van der Waals surface area contributed by atoms with Crippen LogP contribution in [0.25, 0.3) is 66.2 Å². The number of aryl methyl sites for hydroxylation is 2. The zero-order chi connectivity index (χ0) is 105. The largest absolute Gasteiger partial charge is 0.497 e. The predicted molar refractivity (Wildman–Crippen MR) is 568 cm³/mol. The molecular formula is C100H124N36O13. The molecule has 0 spiro atoms. The number of nitrogens with one attached hydrogen (secondary N) is 7. The van der Waals surface area contributed by atoms with Crippen LogP contribution in [0.15, 0.2) is 162 Å². The van der Waals surface area contributed by atoms with Crippen molar-refractivity contribution < 1.29 is 61.3 Å². The number of pyridine rings is 2. The summed E-state index contributed by atoms with van der Waals surface area (Å²) in [6, 6.07) is 32.4. The van der Waals surface area contributed by atoms with E-state index in [0.29, 0.717) is 138 Å². The van der Waals surface area contributed by atoms with Crippen molar-refractivity contribution in [3.05, 3.63) is 198 Å². The Morgan fingerprint density at radius 3 is 1.15 bits per heavy atom. The van der Waals surface area contributed by atoms with Crippen LogP contribution in [0.4, 0.5) is 70.6 Å². The van der Waals surface area contributed by atoms with Crippen LogP contribution in [0, 0.1) is 13.8 Å². The van der Waals surface area contributed by atoms with E-state index in [2.05, 4.69) is 146 Å². The molecule has 149 heavy (non-hydrogen) atoms. The lowest BCUT2D eigenvalue weighted by Gasteiger charge is -2.21. The molecule has 49 heteroatoms. The monoisotopic (exact) mass is 2040 g/mol. The Bertz CT molecular complexity index is 7420. The van der Waals surface area contributed by atoms with Crippen molar-refractivity contribution in [2.45, 2.75) is 106 Å². The summed E-state index contributed by atoms with van der Waals surface area (Å²) >= 11 is 0. The van der Waals surface area contributed by atoms with Gasteiger partial charge in [-0.15, -0.1) is 0 Å². The van der Waals surface area contributed by atoms with E-state index in [-0.39, 0.29) is 60.6 Å². The van der Waals surface area contributed by atoms with Gasteiger partial charge in [0.05, 0.1) is 113 Å². The van der Waals surface area contributed by atoms with Gasteiger partial charge in [-0.3, -0.25) is 19.6 Å². The van der Waals surface area contributed by atoms with Gasteiger partial charge in [0, 0.05) is 147 Å². The molecular weight excluding hydrogens is 1910 g/mol. The zero-order valence-corrected chi connectivity index (χ0v) is 85.0. The van der Waals surface area contributed by atoms with E-state index in [0.717, 1.165) is 179 Å². The number of nitrogens with two attached hydrogens (primary N) is 6. The second kappa shape index (κ2) is 50.4. The van der Waals surface area contributed by atoms with Gasteiger partial charge in [0.2, 0.25) is 47.5 Å². The van der Waals surface area contributed by atoms with Crippen molar-refractivity contribution in [3.63, 3.8) is 0 Å². The number of fused-ring (bicyclic) bond motifs is 8. The van der Waals surface area contributed by atoms with E-state index in [1.54, 1.807) is 80.1 Å². The lowest BCUT2D eigenvalue weighted by molar-refractivity contribution is -0.129. The third-order valence-electron chi connectivity index (χ3n) is 23.3. The molecule has 0 radical (unpaired) electrons. The number of hydrogen-bond donors (Lipinski definition) is 13. The summed E-state index contributed by atoms with van der Waals surface area (Å²) in [5.41, 5.74) is 49.7. The summed E-state index contributed by atoms with van der Waals surface area (Å²) in [5, 5.41) is 30.2. The highest BCUT2D eigenvalue weighted by Crippen LogP contribution is 2.39. The number of methoxy groups -OCH3 is 5. The number of hydrogen-bond acceptors (Lipinski definition) is 41. The summed E-state index contributed by atoms with van der Waals surface area (Å²) in [6.45, 7) is 17.9. The summed E-state index contributed by atoms with van der Waals surface area (Å²) in [7, 11) is 13.2. The molecule has 19 N–H and O–H groups in total. The number of nitrogens with zero attached hydrogens (tertiary/aromatic N) is 23. The minimum atomic E-state index is -0.0705.